The van der Waals surface area contributed by atoms with Crippen LogP contribution in [0.4, 0.5) is 0 Å². The van der Waals surface area contributed by atoms with Crippen LogP contribution in [0.1, 0.15) is 13.8 Å². The molecule has 0 saturated carbocycles. The van der Waals surface area contributed by atoms with Crippen LogP contribution in [0.2, 0.25) is 0 Å². The van der Waals surface area contributed by atoms with Crippen LogP contribution in [0, 0.1) is 0 Å². The molecule has 0 amide bonds. The van der Waals surface area contributed by atoms with Gasteiger partial charge in [0, 0.05) is 11.6 Å². The van der Waals surface area contributed by atoms with E-state index in [0.29, 0.717) is 5.57 Å². The Balaban J connectivity index is -0.000000257. The third kappa shape index (κ3) is 36.2. The minimum Gasteiger partial charge on any atom is -0.460 e. The molecule has 130 valence electrons. The molecule has 0 aliphatic carbocycles. The van der Waals surface area contributed by atoms with Crippen LogP contribution in [-0.2, 0) is 23.6 Å². The summed E-state index contributed by atoms with van der Waals surface area (Å²) in [4.78, 5) is 42.2. The molecular formula is C11H21O10P. The van der Waals surface area contributed by atoms with E-state index < -0.39 is 26.1 Å². The molecule has 22 heavy (non-hydrogen) atoms. The van der Waals surface area contributed by atoms with Gasteiger partial charge in [0.25, 0.3) is 0 Å². The average Bonchev–Trinajstić information content (AvgIpc) is 2.33. The molecule has 0 radical (unpaired) electrons. The van der Waals surface area contributed by atoms with Crippen molar-refractivity contribution in [1.82, 2.24) is 0 Å². The fourth-order valence-corrected chi connectivity index (χ4v) is 0.478. The van der Waals surface area contributed by atoms with E-state index in [4.69, 9.17) is 29.5 Å². The Labute approximate surface area is 127 Å². The van der Waals surface area contributed by atoms with Gasteiger partial charge in [-0.3, -0.25) is 0 Å². The summed E-state index contributed by atoms with van der Waals surface area (Å²) in [5.41, 5.74) is 0.350. The Morgan fingerprint density at radius 3 is 1.91 bits per heavy atom. The topological polar surface area (TPSA) is 171 Å². The van der Waals surface area contributed by atoms with Gasteiger partial charge < -0.3 is 34.4 Å². The molecule has 0 rings (SSSR count). The molecule has 11 heteroatoms. The highest BCUT2D eigenvalue weighted by atomic mass is 31.2. The van der Waals surface area contributed by atoms with E-state index in [-0.39, 0.29) is 13.2 Å². The van der Waals surface area contributed by atoms with Gasteiger partial charge in [-0.2, -0.15) is 0 Å². The first-order valence-corrected chi connectivity index (χ1v) is 7.14. The lowest BCUT2D eigenvalue weighted by atomic mass is 10.4. The van der Waals surface area contributed by atoms with E-state index >= 15 is 0 Å². The highest BCUT2D eigenvalue weighted by Crippen LogP contribution is 2.25. The summed E-state index contributed by atoms with van der Waals surface area (Å²) >= 11 is 0. The summed E-state index contributed by atoms with van der Waals surface area (Å²) in [7, 11) is -4.64. The number of ether oxygens (including phenoxy) is 2. The molecule has 0 saturated heterocycles. The van der Waals surface area contributed by atoms with Crippen molar-refractivity contribution in [2.45, 2.75) is 20.1 Å². The zero-order chi connectivity index (χ0) is 18.3. The van der Waals surface area contributed by atoms with Crippen molar-refractivity contribution >= 4 is 19.8 Å². The van der Waals surface area contributed by atoms with Gasteiger partial charge in [-0.15, -0.1) is 0 Å². The number of rotatable bonds is 5. The average molecular weight is 344 g/mol. The maximum Gasteiger partial charge on any atom is 0.466 e. The van der Waals surface area contributed by atoms with Gasteiger partial charge in [-0.05, 0) is 13.8 Å². The molecule has 0 heterocycles. The number of aliphatic hydroxyl groups excluding tert-OH is 2. The Kier molecular flexibility index (Phi) is 16.6. The van der Waals surface area contributed by atoms with Crippen LogP contribution in [0.15, 0.2) is 24.8 Å². The van der Waals surface area contributed by atoms with Crippen molar-refractivity contribution in [2.24, 2.45) is 0 Å². The predicted molar refractivity (Wildman–Crippen MR) is 75.1 cm³/mol. The van der Waals surface area contributed by atoms with Crippen LogP contribution in [0.3, 0.4) is 0 Å². The molecule has 0 aromatic rings. The number of hydrogen-bond acceptors (Lipinski definition) is 7. The molecule has 10 nitrogen and oxygen atoms in total. The maximum absolute atomic E-state index is 10.5. The van der Waals surface area contributed by atoms with E-state index in [1.165, 1.54) is 6.92 Å². The molecule has 0 aromatic carbocycles. The van der Waals surface area contributed by atoms with E-state index in [9.17, 15) is 9.59 Å². The van der Waals surface area contributed by atoms with Crippen molar-refractivity contribution < 1.29 is 48.5 Å². The molecular weight excluding hydrogens is 323 g/mol. The summed E-state index contributed by atoms with van der Waals surface area (Å²) in [5, 5.41) is 16.6. The van der Waals surface area contributed by atoms with Crippen molar-refractivity contribution in [2.75, 3.05) is 13.2 Å². The van der Waals surface area contributed by atoms with Crippen molar-refractivity contribution in [3.8, 4) is 0 Å². The Bertz CT molecular complexity index is 389. The summed E-state index contributed by atoms with van der Waals surface area (Å²) in [6.07, 6.45) is -0.0484. The van der Waals surface area contributed by atoms with E-state index in [1.807, 2.05) is 0 Å². The SMILES string of the molecule is C=C(C)C(=O)OCCO.C=CC(=O)OC(C)O.O=P(O)(O)O. The molecule has 1 unspecified atom stereocenters. The Morgan fingerprint density at radius 1 is 1.32 bits per heavy atom. The second-order valence-electron chi connectivity index (χ2n) is 3.39. The number of carbonyl (C=O) groups is 2. The highest BCUT2D eigenvalue weighted by molar-refractivity contribution is 7.45. The number of carbonyl (C=O) groups excluding carboxylic acids is 2. The van der Waals surface area contributed by atoms with Gasteiger partial charge >= 0.3 is 19.8 Å². The lowest BCUT2D eigenvalue weighted by Gasteiger charge is -2.01. The molecule has 1 atom stereocenters. The molecule has 0 aliphatic rings. The van der Waals surface area contributed by atoms with Crippen LogP contribution < -0.4 is 0 Å². The van der Waals surface area contributed by atoms with Gasteiger partial charge in [0.15, 0.2) is 6.29 Å². The third-order valence-corrected chi connectivity index (χ3v) is 1.13. The number of aliphatic hydroxyl groups is 2. The minimum absolute atomic E-state index is 0.0473. The lowest BCUT2D eigenvalue weighted by molar-refractivity contribution is -0.158. The fraction of sp³-hybridized carbons (Fsp3) is 0.455. The zero-order valence-electron chi connectivity index (χ0n) is 12.2. The van der Waals surface area contributed by atoms with Crippen LogP contribution in [0.25, 0.3) is 0 Å². The molecule has 0 fully saturated rings. The largest absolute Gasteiger partial charge is 0.466 e. The second kappa shape index (κ2) is 14.4. The monoisotopic (exact) mass is 344 g/mol. The van der Waals surface area contributed by atoms with Gasteiger partial charge in [0.2, 0.25) is 0 Å². The molecule has 5 N–H and O–H groups in total. The Hall–Kier alpha value is -1.55. The number of esters is 2. The second-order valence-corrected chi connectivity index (χ2v) is 4.42. The Morgan fingerprint density at radius 2 is 1.73 bits per heavy atom. The molecule has 0 spiro atoms. The first kappa shape index (κ1) is 25.4. The third-order valence-electron chi connectivity index (χ3n) is 1.13. The lowest BCUT2D eigenvalue weighted by Crippen LogP contribution is -2.10. The standard InChI is InChI=1S/C6H10O3.C5H8O3.H3O4P/c1-5(2)6(8)9-4-3-7;1-3-5(7)8-4(2)6;1-5(2,3)4/h7H,1,3-4H2,2H3;3-4,6H,1H2,2H3;(H3,1,2,3,4). The van der Waals surface area contributed by atoms with Gasteiger partial charge in [-0.1, -0.05) is 13.2 Å². The van der Waals surface area contributed by atoms with Crippen LogP contribution in [0.5, 0.6) is 0 Å². The van der Waals surface area contributed by atoms with E-state index in [0.717, 1.165) is 6.08 Å². The van der Waals surface area contributed by atoms with Crippen LogP contribution >= 0.6 is 7.82 Å². The summed E-state index contributed by atoms with van der Waals surface area (Å²) in [6, 6.07) is 0. The maximum atomic E-state index is 10.5. The first-order valence-electron chi connectivity index (χ1n) is 5.58. The predicted octanol–water partition coefficient (Wildman–Crippen LogP) is -0.777. The summed E-state index contributed by atoms with van der Waals surface area (Å²) in [5.74, 6) is -1.07. The van der Waals surface area contributed by atoms with Crippen molar-refractivity contribution in [1.29, 1.82) is 0 Å². The number of hydrogen-bond donors (Lipinski definition) is 5. The van der Waals surface area contributed by atoms with Gasteiger partial charge in [0.05, 0.1) is 6.61 Å². The fourth-order valence-electron chi connectivity index (χ4n) is 0.478. The minimum atomic E-state index is -4.64. The quantitative estimate of drug-likeness (QED) is 0.184. The van der Waals surface area contributed by atoms with E-state index in [1.54, 1.807) is 6.92 Å². The zero-order valence-corrected chi connectivity index (χ0v) is 13.1. The van der Waals surface area contributed by atoms with E-state index in [2.05, 4.69) is 22.6 Å². The summed E-state index contributed by atoms with van der Waals surface area (Å²) < 4.78 is 17.5. The van der Waals surface area contributed by atoms with Crippen LogP contribution in [-0.4, -0.2) is 56.3 Å². The van der Waals surface area contributed by atoms with Crippen molar-refractivity contribution in [3.63, 3.8) is 0 Å². The summed E-state index contributed by atoms with van der Waals surface area (Å²) in [6.45, 7) is 9.29. The first-order chi connectivity index (χ1) is 9.84. The molecule has 0 aromatic heterocycles. The molecule has 0 aliphatic heterocycles. The van der Waals surface area contributed by atoms with Crippen molar-refractivity contribution in [3.05, 3.63) is 24.8 Å². The smallest absolute Gasteiger partial charge is 0.460 e. The highest BCUT2D eigenvalue weighted by Gasteiger charge is 2.00. The number of phosphoric acid groups is 1. The molecule has 0 bridgehead atoms. The van der Waals surface area contributed by atoms with Gasteiger partial charge in [0.1, 0.15) is 6.61 Å². The normalized spacial score (nSPS) is 10.7. The van der Waals surface area contributed by atoms with Gasteiger partial charge in [-0.25, -0.2) is 14.2 Å².